The number of halogens is 3. The summed E-state index contributed by atoms with van der Waals surface area (Å²) in [6.07, 6.45) is 0. The van der Waals surface area contributed by atoms with E-state index in [-0.39, 0.29) is 18.6 Å². The van der Waals surface area contributed by atoms with Crippen LogP contribution in [0.5, 0.6) is 0 Å². The van der Waals surface area contributed by atoms with Gasteiger partial charge in [0.05, 0.1) is 0 Å². The van der Waals surface area contributed by atoms with Crippen molar-refractivity contribution in [3.05, 3.63) is 12.1 Å². The number of piperazine rings is 1. The van der Waals surface area contributed by atoms with E-state index in [2.05, 4.69) is 11.5 Å². The van der Waals surface area contributed by atoms with Crippen LogP contribution in [0.2, 0.25) is 0 Å². The van der Waals surface area contributed by atoms with E-state index in [1.165, 1.54) is 0 Å². The van der Waals surface area contributed by atoms with Crippen molar-refractivity contribution in [1.29, 1.82) is 0 Å². The van der Waals surface area contributed by atoms with Crippen molar-refractivity contribution in [2.45, 2.75) is 25.9 Å². The zero-order valence-corrected chi connectivity index (χ0v) is 10.1. The Balaban J connectivity index is 2.54. The molecule has 0 aromatic heterocycles. The molecule has 1 aliphatic rings. The fourth-order valence-electron chi connectivity index (χ4n) is 2.03. The SMILES string of the molecule is C=C(CN1CC(C)N(C)C(C)C1)[B-](F)(F)F. The minimum Gasteiger partial charge on any atom is -0.445 e. The van der Waals surface area contributed by atoms with E-state index >= 15 is 0 Å². The van der Waals surface area contributed by atoms with Crippen molar-refractivity contribution in [3.8, 4) is 0 Å². The van der Waals surface area contributed by atoms with Crippen LogP contribution in [0.4, 0.5) is 12.9 Å². The van der Waals surface area contributed by atoms with Gasteiger partial charge in [-0.1, -0.05) is 0 Å². The number of hydrogen-bond donors (Lipinski definition) is 0. The fraction of sp³-hybridized carbons (Fsp3) is 0.800. The first-order valence-corrected chi connectivity index (χ1v) is 5.53. The highest BCUT2D eigenvalue weighted by Gasteiger charge is 2.31. The van der Waals surface area contributed by atoms with Gasteiger partial charge in [-0.05, 0) is 27.4 Å². The molecule has 94 valence electrons. The van der Waals surface area contributed by atoms with Gasteiger partial charge in [0.15, 0.2) is 0 Å². The smallest absolute Gasteiger partial charge is 0.445 e. The Bertz CT molecular complexity index is 255. The maximum absolute atomic E-state index is 12.4. The maximum Gasteiger partial charge on any atom is 0.506 e. The molecule has 1 fully saturated rings. The summed E-state index contributed by atoms with van der Waals surface area (Å²) in [5.74, 6) is 0. The molecule has 0 bridgehead atoms. The van der Waals surface area contributed by atoms with Crippen molar-refractivity contribution in [2.24, 2.45) is 0 Å². The van der Waals surface area contributed by atoms with Crippen molar-refractivity contribution >= 4 is 6.98 Å². The zero-order chi connectivity index (χ0) is 12.5. The van der Waals surface area contributed by atoms with Gasteiger partial charge in [-0.15, -0.1) is 12.1 Å². The van der Waals surface area contributed by atoms with Gasteiger partial charge in [-0.3, -0.25) is 9.80 Å². The molecule has 6 heteroatoms. The highest BCUT2D eigenvalue weighted by atomic mass is 19.4. The summed E-state index contributed by atoms with van der Waals surface area (Å²) in [4.78, 5) is 4.03. The molecular weight excluding hydrogens is 216 g/mol. The van der Waals surface area contributed by atoms with Crippen LogP contribution in [0.25, 0.3) is 0 Å². The van der Waals surface area contributed by atoms with Crippen LogP contribution in [-0.4, -0.2) is 55.5 Å². The van der Waals surface area contributed by atoms with Crippen molar-refractivity contribution in [1.82, 2.24) is 9.80 Å². The number of hydrogen-bond acceptors (Lipinski definition) is 2. The highest BCUT2D eigenvalue weighted by molar-refractivity contribution is 6.66. The number of nitrogens with zero attached hydrogens (tertiary/aromatic N) is 2. The molecule has 0 radical (unpaired) electrons. The van der Waals surface area contributed by atoms with Crippen LogP contribution >= 0.6 is 0 Å². The van der Waals surface area contributed by atoms with Crippen molar-refractivity contribution in [2.75, 3.05) is 26.7 Å². The molecular formula is C10H19BF3N2-. The molecule has 0 N–H and O–H groups in total. The molecule has 1 heterocycles. The second kappa shape index (κ2) is 4.79. The first-order chi connectivity index (χ1) is 7.21. The van der Waals surface area contributed by atoms with Crippen LogP contribution in [0, 0.1) is 0 Å². The molecule has 2 unspecified atom stereocenters. The average molecular weight is 235 g/mol. The minimum absolute atomic E-state index is 0.0496. The topological polar surface area (TPSA) is 6.48 Å². The Morgan fingerprint density at radius 1 is 1.25 bits per heavy atom. The fourth-order valence-corrected chi connectivity index (χ4v) is 2.03. The lowest BCUT2D eigenvalue weighted by Gasteiger charge is -2.43. The van der Waals surface area contributed by atoms with E-state index in [0.717, 1.165) is 0 Å². The Hall–Kier alpha value is -0.485. The predicted octanol–water partition coefficient (Wildman–Crippen LogP) is 1.95. The van der Waals surface area contributed by atoms with Crippen LogP contribution in [0.3, 0.4) is 0 Å². The summed E-state index contributed by atoms with van der Waals surface area (Å²) < 4.78 is 37.2. The molecule has 1 rings (SSSR count). The molecule has 0 aromatic carbocycles. The quantitative estimate of drug-likeness (QED) is 0.690. The maximum atomic E-state index is 12.4. The largest absolute Gasteiger partial charge is 0.506 e. The molecule has 2 atom stereocenters. The van der Waals surface area contributed by atoms with E-state index in [0.29, 0.717) is 13.1 Å². The summed E-state index contributed by atoms with van der Waals surface area (Å²) in [5.41, 5.74) is -0.594. The van der Waals surface area contributed by atoms with Crippen LogP contribution in [-0.2, 0) is 0 Å². The third kappa shape index (κ3) is 3.25. The van der Waals surface area contributed by atoms with Gasteiger partial charge in [0.2, 0.25) is 0 Å². The van der Waals surface area contributed by atoms with E-state index in [1.54, 1.807) is 0 Å². The van der Waals surface area contributed by atoms with Gasteiger partial charge in [0.1, 0.15) is 0 Å². The monoisotopic (exact) mass is 235 g/mol. The third-order valence-corrected chi connectivity index (χ3v) is 3.32. The van der Waals surface area contributed by atoms with E-state index < -0.39 is 12.4 Å². The van der Waals surface area contributed by atoms with Gasteiger partial charge in [-0.25, -0.2) is 0 Å². The molecule has 0 saturated carbocycles. The molecule has 1 saturated heterocycles. The van der Waals surface area contributed by atoms with Crippen LogP contribution in [0.1, 0.15) is 13.8 Å². The van der Waals surface area contributed by atoms with Gasteiger partial charge in [0, 0.05) is 25.2 Å². The predicted molar refractivity (Wildman–Crippen MR) is 61.3 cm³/mol. The number of likely N-dealkylation sites (N-methyl/N-ethyl adjacent to an activating group) is 1. The molecule has 16 heavy (non-hydrogen) atoms. The molecule has 1 aliphatic heterocycles. The van der Waals surface area contributed by atoms with Crippen LogP contribution in [0.15, 0.2) is 12.1 Å². The summed E-state index contributed by atoms with van der Waals surface area (Å²) >= 11 is 0. The van der Waals surface area contributed by atoms with Gasteiger partial charge in [0.25, 0.3) is 0 Å². The second-order valence-electron chi connectivity index (χ2n) is 4.79. The molecule has 2 nitrogen and oxygen atoms in total. The van der Waals surface area contributed by atoms with E-state index in [4.69, 9.17) is 0 Å². The zero-order valence-electron chi connectivity index (χ0n) is 10.1. The lowest BCUT2D eigenvalue weighted by atomic mass is 9.80. The summed E-state index contributed by atoms with van der Waals surface area (Å²) in [5, 5.41) is 0. The van der Waals surface area contributed by atoms with E-state index in [9.17, 15) is 12.9 Å². The Morgan fingerprint density at radius 3 is 2.06 bits per heavy atom. The highest BCUT2D eigenvalue weighted by Crippen LogP contribution is 2.21. The Kier molecular flexibility index (Phi) is 4.07. The summed E-state index contributed by atoms with van der Waals surface area (Å²) in [7, 11) is 2.01. The Labute approximate surface area is 95.2 Å². The van der Waals surface area contributed by atoms with Gasteiger partial charge < -0.3 is 12.9 Å². The van der Waals surface area contributed by atoms with Crippen molar-refractivity contribution in [3.63, 3.8) is 0 Å². The van der Waals surface area contributed by atoms with E-state index in [1.807, 2.05) is 25.8 Å². The van der Waals surface area contributed by atoms with Gasteiger partial charge in [-0.2, -0.15) is 0 Å². The molecule has 0 aliphatic carbocycles. The molecule has 0 amide bonds. The normalized spacial score (nSPS) is 29.4. The summed E-state index contributed by atoms with van der Waals surface area (Å²) in [6.45, 7) is 3.60. The molecule has 0 spiro atoms. The molecule has 0 aromatic rings. The lowest BCUT2D eigenvalue weighted by Crippen LogP contribution is -2.55. The first kappa shape index (κ1) is 13.6. The van der Waals surface area contributed by atoms with Crippen molar-refractivity contribution < 1.29 is 12.9 Å². The Morgan fingerprint density at radius 2 is 1.69 bits per heavy atom. The second-order valence-corrected chi connectivity index (χ2v) is 4.79. The third-order valence-electron chi connectivity index (χ3n) is 3.32. The summed E-state index contributed by atoms with van der Waals surface area (Å²) in [6, 6.07) is 0.578. The lowest BCUT2D eigenvalue weighted by molar-refractivity contribution is 0.0661. The van der Waals surface area contributed by atoms with Gasteiger partial charge >= 0.3 is 6.98 Å². The minimum atomic E-state index is -4.89. The average Bonchev–Trinajstić information content (AvgIpc) is 2.12. The van der Waals surface area contributed by atoms with Crippen LogP contribution < -0.4 is 0 Å². The standard InChI is InChI=1S/C10H19BF3N2/c1-8(11(12,13)14)5-16-6-9(2)15(4)10(3)7-16/h9-10H,1,5-7H2,2-4H3/q-1. The first-order valence-electron chi connectivity index (χ1n) is 5.53. The number of rotatable bonds is 3.